The van der Waals surface area contributed by atoms with Gasteiger partial charge in [-0.3, -0.25) is 9.59 Å². The number of unbranched alkanes of at least 4 members (excludes halogenated alkanes) is 62. The maximum atomic E-state index is 12.6. The zero-order valence-electron chi connectivity index (χ0n) is 60.4. The van der Waals surface area contributed by atoms with Crippen LogP contribution < -0.4 is 5.32 Å². The Labute approximate surface area is 557 Å². The maximum Gasteiger partial charge on any atom is 0.305 e. The molecular formula is C83H159NO5. The lowest BCUT2D eigenvalue weighted by atomic mass is 10.0. The second kappa shape index (κ2) is 78.5. The molecule has 3 N–H and O–H groups in total. The fourth-order valence-corrected chi connectivity index (χ4v) is 13.0. The number of rotatable bonds is 77. The summed E-state index contributed by atoms with van der Waals surface area (Å²) in [5, 5.41) is 23.3. The molecule has 1 amide bonds. The molecule has 6 nitrogen and oxygen atoms in total. The zero-order valence-corrected chi connectivity index (χ0v) is 60.4. The number of nitrogens with one attached hydrogen (secondary N) is 1. The summed E-state index contributed by atoms with van der Waals surface area (Å²) in [5.41, 5.74) is 0. The molecule has 0 aliphatic heterocycles. The Morgan fingerprint density at radius 2 is 0.562 bits per heavy atom. The largest absolute Gasteiger partial charge is 0.466 e. The molecule has 0 bridgehead atoms. The molecule has 0 radical (unpaired) electrons. The molecule has 0 heterocycles. The summed E-state index contributed by atoms with van der Waals surface area (Å²) in [4.78, 5) is 24.7. The van der Waals surface area contributed by atoms with Crippen LogP contribution in [0, 0.1) is 0 Å². The molecule has 0 aromatic heterocycles. The molecule has 0 saturated heterocycles. The summed E-state index contributed by atoms with van der Waals surface area (Å²) in [6.07, 6.45) is 103. The highest BCUT2D eigenvalue weighted by atomic mass is 16.5. The Morgan fingerprint density at radius 1 is 0.315 bits per heavy atom. The van der Waals surface area contributed by atoms with Crippen LogP contribution >= 0.6 is 0 Å². The number of aliphatic hydroxyl groups is 2. The van der Waals surface area contributed by atoms with E-state index in [0.29, 0.717) is 19.4 Å². The molecule has 2 unspecified atom stereocenters. The highest BCUT2D eigenvalue weighted by molar-refractivity contribution is 5.76. The summed E-state index contributed by atoms with van der Waals surface area (Å²) in [7, 11) is 0. The highest BCUT2D eigenvalue weighted by Crippen LogP contribution is 2.20. The van der Waals surface area contributed by atoms with Gasteiger partial charge in [-0.2, -0.15) is 0 Å². The van der Waals surface area contributed by atoms with E-state index in [1.54, 1.807) is 6.08 Å². The number of esters is 1. The second-order valence-corrected chi connectivity index (χ2v) is 28.1. The fourth-order valence-electron chi connectivity index (χ4n) is 13.0. The SMILES string of the molecule is CCCCCCCCCCCCCCCCCCCCCCCCC/C=C/C(O)C(CO)NC(=O)CCCCCCCCCCCCCCCCC/C=C\C/C=C\CCCCCCCCCCCOC(=O)CCCCCCCCCCCCCCCCCC. The number of allylic oxidation sites excluding steroid dienone is 5. The van der Waals surface area contributed by atoms with Crippen molar-refractivity contribution < 1.29 is 24.5 Å². The molecule has 0 rings (SSSR count). The predicted molar refractivity (Wildman–Crippen MR) is 393 cm³/mol. The molecule has 0 aliphatic carbocycles. The second-order valence-electron chi connectivity index (χ2n) is 28.1. The molecule has 0 saturated carbocycles. The van der Waals surface area contributed by atoms with Gasteiger partial charge in [0.25, 0.3) is 0 Å². The Kier molecular flexibility index (Phi) is 76.8. The van der Waals surface area contributed by atoms with Crippen LogP contribution in [0.25, 0.3) is 0 Å². The minimum Gasteiger partial charge on any atom is -0.466 e. The van der Waals surface area contributed by atoms with Crippen molar-refractivity contribution >= 4 is 11.9 Å². The predicted octanol–water partition coefficient (Wildman–Crippen LogP) is 27.0. The minimum absolute atomic E-state index is 0.0173. The quantitative estimate of drug-likeness (QED) is 0.0320. The Balaban J connectivity index is 3.41. The van der Waals surface area contributed by atoms with Crippen LogP contribution in [0.15, 0.2) is 36.5 Å². The number of hydrogen-bond acceptors (Lipinski definition) is 5. The van der Waals surface area contributed by atoms with E-state index in [4.69, 9.17) is 4.74 Å². The van der Waals surface area contributed by atoms with Gasteiger partial charge in [-0.15, -0.1) is 0 Å². The van der Waals surface area contributed by atoms with Crippen LogP contribution in [-0.4, -0.2) is 47.4 Å². The van der Waals surface area contributed by atoms with Gasteiger partial charge < -0.3 is 20.3 Å². The normalized spacial score (nSPS) is 12.6. The van der Waals surface area contributed by atoms with Gasteiger partial charge in [0.15, 0.2) is 0 Å². The summed E-state index contributed by atoms with van der Waals surface area (Å²) in [6, 6.07) is -0.629. The van der Waals surface area contributed by atoms with Gasteiger partial charge in [0.05, 0.1) is 25.4 Å². The average Bonchev–Trinajstić information content (AvgIpc) is 3.62. The molecular weight excluding hydrogens is 1090 g/mol. The topological polar surface area (TPSA) is 95.9 Å². The number of carbonyl (C=O) groups is 2. The molecule has 0 spiro atoms. The highest BCUT2D eigenvalue weighted by Gasteiger charge is 2.18. The molecule has 0 fully saturated rings. The Bertz CT molecular complexity index is 1440. The van der Waals surface area contributed by atoms with E-state index < -0.39 is 12.1 Å². The van der Waals surface area contributed by atoms with Crippen LogP contribution in [0.4, 0.5) is 0 Å². The summed E-state index contributed by atoms with van der Waals surface area (Å²) in [6.45, 7) is 4.96. The van der Waals surface area contributed by atoms with E-state index in [0.717, 1.165) is 44.9 Å². The van der Waals surface area contributed by atoms with Crippen molar-refractivity contribution in [3.8, 4) is 0 Å². The van der Waals surface area contributed by atoms with Crippen molar-refractivity contribution in [3.63, 3.8) is 0 Å². The van der Waals surface area contributed by atoms with Crippen LogP contribution in [0.3, 0.4) is 0 Å². The van der Waals surface area contributed by atoms with Crippen LogP contribution in [0.5, 0.6) is 0 Å². The van der Waals surface area contributed by atoms with Crippen molar-refractivity contribution in [1.29, 1.82) is 0 Å². The number of aliphatic hydroxyl groups excluding tert-OH is 2. The number of amides is 1. The molecule has 0 aromatic carbocycles. The van der Waals surface area contributed by atoms with Crippen molar-refractivity contribution in [2.75, 3.05) is 13.2 Å². The van der Waals surface area contributed by atoms with Gasteiger partial charge in [-0.25, -0.2) is 0 Å². The maximum absolute atomic E-state index is 12.6. The third-order valence-corrected chi connectivity index (χ3v) is 19.2. The first kappa shape index (κ1) is 87.1. The lowest BCUT2D eigenvalue weighted by Crippen LogP contribution is -2.45. The van der Waals surface area contributed by atoms with E-state index in [9.17, 15) is 19.8 Å². The minimum atomic E-state index is -0.846. The average molecular weight is 1250 g/mol. The Morgan fingerprint density at radius 3 is 0.854 bits per heavy atom. The van der Waals surface area contributed by atoms with Crippen molar-refractivity contribution in [2.45, 2.75) is 469 Å². The van der Waals surface area contributed by atoms with E-state index in [1.165, 1.54) is 385 Å². The summed E-state index contributed by atoms with van der Waals surface area (Å²) < 4.78 is 5.50. The lowest BCUT2D eigenvalue weighted by molar-refractivity contribution is -0.143. The molecule has 89 heavy (non-hydrogen) atoms. The van der Waals surface area contributed by atoms with E-state index in [-0.39, 0.29) is 18.5 Å². The van der Waals surface area contributed by atoms with Crippen molar-refractivity contribution in [2.24, 2.45) is 0 Å². The van der Waals surface area contributed by atoms with Gasteiger partial charge in [0.2, 0.25) is 5.91 Å². The van der Waals surface area contributed by atoms with Crippen molar-refractivity contribution in [1.82, 2.24) is 5.32 Å². The Hall–Kier alpha value is -1.92. The molecule has 0 aliphatic rings. The van der Waals surface area contributed by atoms with E-state index >= 15 is 0 Å². The van der Waals surface area contributed by atoms with Gasteiger partial charge in [0, 0.05) is 12.8 Å². The van der Waals surface area contributed by atoms with Gasteiger partial charge in [0.1, 0.15) is 0 Å². The fraction of sp³-hybridized carbons (Fsp3) is 0.904. The van der Waals surface area contributed by atoms with Crippen LogP contribution in [0.2, 0.25) is 0 Å². The van der Waals surface area contributed by atoms with Gasteiger partial charge in [-0.05, 0) is 64.2 Å². The zero-order chi connectivity index (χ0) is 64.2. The summed E-state index contributed by atoms with van der Waals surface area (Å²) in [5.74, 6) is -0.0449. The first-order valence-electron chi connectivity index (χ1n) is 40.8. The van der Waals surface area contributed by atoms with E-state index in [2.05, 4.69) is 43.5 Å². The first-order valence-corrected chi connectivity index (χ1v) is 40.8. The third kappa shape index (κ3) is 75.0. The monoisotopic (exact) mass is 1250 g/mol. The van der Waals surface area contributed by atoms with Crippen molar-refractivity contribution in [3.05, 3.63) is 36.5 Å². The van der Waals surface area contributed by atoms with Crippen LogP contribution in [0.1, 0.15) is 457 Å². The van der Waals surface area contributed by atoms with Gasteiger partial charge in [-0.1, -0.05) is 416 Å². The smallest absolute Gasteiger partial charge is 0.305 e. The number of carbonyl (C=O) groups excluding carboxylic acids is 2. The molecule has 526 valence electrons. The van der Waals surface area contributed by atoms with E-state index in [1.807, 2.05) is 6.08 Å². The third-order valence-electron chi connectivity index (χ3n) is 19.2. The first-order chi connectivity index (χ1) is 44.0. The molecule has 0 aromatic rings. The number of hydrogen-bond donors (Lipinski definition) is 3. The van der Waals surface area contributed by atoms with Crippen LogP contribution in [-0.2, 0) is 14.3 Å². The lowest BCUT2D eigenvalue weighted by Gasteiger charge is -2.20. The molecule has 2 atom stereocenters. The summed E-state index contributed by atoms with van der Waals surface area (Å²) >= 11 is 0. The molecule has 6 heteroatoms. The van der Waals surface area contributed by atoms with Gasteiger partial charge >= 0.3 is 5.97 Å². The standard InChI is InChI=1S/C83H159NO5/c1-3-5-7-9-11-13-15-17-19-21-22-23-24-32-35-38-41-44-47-51-55-59-63-67-71-75-81(86)80(79-85)84-82(87)76-72-68-64-60-56-52-48-45-42-39-36-33-30-28-26-25-27-29-31-34-37-40-43-46-50-54-58-62-66-70-74-78-89-83(88)77-73-69-65-61-57-53-49-20-18-16-14-12-10-8-6-4-2/h27,29,34,37,71,75,80-81,85-86H,3-26,28,30-33,35-36,38-70,72-74,76-79H2,1-2H3,(H,84,87)/b29-27-,37-34-,75-71+. The number of ether oxygens (including phenoxy) is 1.